The van der Waals surface area contributed by atoms with Crippen LogP contribution in [0.2, 0.25) is 0 Å². The van der Waals surface area contributed by atoms with Crippen molar-refractivity contribution in [1.29, 1.82) is 0 Å². The molecule has 0 unspecified atom stereocenters. The van der Waals surface area contributed by atoms with Crippen molar-refractivity contribution in [3.8, 4) is 0 Å². The summed E-state index contributed by atoms with van der Waals surface area (Å²) in [6, 6.07) is 5.96. The van der Waals surface area contributed by atoms with Crippen molar-refractivity contribution < 1.29 is 9.18 Å². The summed E-state index contributed by atoms with van der Waals surface area (Å²) >= 11 is 5.56. The van der Waals surface area contributed by atoms with Gasteiger partial charge in [-0.3, -0.25) is 4.79 Å². The van der Waals surface area contributed by atoms with Gasteiger partial charge in [0.05, 0.1) is 5.56 Å². The van der Waals surface area contributed by atoms with Crippen molar-refractivity contribution in [2.45, 2.75) is 6.92 Å². The summed E-state index contributed by atoms with van der Waals surface area (Å²) in [4.78, 5) is 13.3. The molecule has 4 heteroatoms. The Morgan fingerprint density at radius 3 is 2.67 bits per heavy atom. The zero-order valence-electron chi connectivity index (χ0n) is 8.54. The third kappa shape index (κ3) is 2.93. The van der Waals surface area contributed by atoms with Gasteiger partial charge in [-0.2, -0.15) is 0 Å². The summed E-state index contributed by atoms with van der Waals surface area (Å²) < 4.78 is 13.3. The van der Waals surface area contributed by atoms with E-state index in [-0.39, 0.29) is 11.5 Å². The van der Waals surface area contributed by atoms with Crippen LogP contribution in [0.25, 0.3) is 0 Å². The first-order chi connectivity index (χ1) is 7.20. The first-order valence-electron chi connectivity index (χ1n) is 4.80. The minimum atomic E-state index is -0.490. The molecule has 0 spiro atoms. The van der Waals surface area contributed by atoms with E-state index >= 15 is 0 Å². The van der Waals surface area contributed by atoms with E-state index in [4.69, 9.17) is 11.6 Å². The van der Waals surface area contributed by atoms with Gasteiger partial charge in [0.25, 0.3) is 5.91 Å². The molecule has 0 saturated heterocycles. The van der Waals surface area contributed by atoms with E-state index in [1.165, 1.54) is 17.0 Å². The minimum Gasteiger partial charge on any atom is -0.338 e. The number of alkyl halides is 1. The molecule has 0 fully saturated rings. The van der Waals surface area contributed by atoms with Gasteiger partial charge in [0, 0.05) is 19.0 Å². The molecule has 0 aliphatic rings. The normalized spacial score (nSPS) is 10.1. The molecule has 0 aliphatic carbocycles. The molecule has 2 nitrogen and oxygen atoms in total. The van der Waals surface area contributed by atoms with Gasteiger partial charge in [-0.05, 0) is 19.1 Å². The van der Waals surface area contributed by atoms with Crippen LogP contribution in [0, 0.1) is 5.82 Å². The molecular weight excluding hydrogens is 217 g/mol. The highest BCUT2D eigenvalue weighted by molar-refractivity contribution is 6.18. The lowest BCUT2D eigenvalue weighted by atomic mass is 10.2. The molecule has 0 saturated carbocycles. The third-order valence-electron chi connectivity index (χ3n) is 2.13. The smallest absolute Gasteiger partial charge is 0.256 e. The fraction of sp³-hybridized carbons (Fsp3) is 0.364. The van der Waals surface area contributed by atoms with Crippen molar-refractivity contribution in [2.75, 3.05) is 19.0 Å². The maximum absolute atomic E-state index is 13.3. The first-order valence-corrected chi connectivity index (χ1v) is 5.34. The van der Waals surface area contributed by atoms with Crippen LogP contribution in [-0.4, -0.2) is 29.8 Å². The molecule has 0 aliphatic heterocycles. The Labute approximate surface area is 93.6 Å². The van der Waals surface area contributed by atoms with Gasteiger partial charge in [0.2, 0.25) is 0 Å². The molecule has 0 heterocycles. The van der Waals surface area contributed by atoms with Gasteiger partial charge in [0.15, 0.2) is 0 Å². The maximum Gasteiger partial charge on any atom is 0.256 e. The predicted molar refractivity (Wildman–Crippen MR) is 58.7 cm³/mol. The molecular formula is C11H13ClFNO. The highest BCUT2D eigenvalue weighted by Crippen LogP contribution is 2.09. The van der Waals surface area contributed by atoms with E-state index in [2.05, 4.69) is 0 Å². The number of nitrogens with zero attached hydrogens (tertiary/aromatic N) is 1. The van der Waals surface area contributed by atoms with Crippen LogP contribution in [0.15, 0.2) is 24.3 Å². The Bertz CT molecular complexity index is 343. The lowest BCUT2D eigenvalue weighted by Gasteiger charge is -2.19. The second-order valence-electron chi connectivity index (χ2n) is 3.05. The third-order valence-corrected chi connectivity index (χ3v) is 2.30. The van der Waals surface area contributed by atoms with Crippen LogP contribution in [0.1, 0.15) is 17.3 Å². The summed E-state index contributed by atoms with van der Waals surface area (Å²) in [5.41, 5.74) is 0.101. The number of carbonyl (C=O) groups is 1. The lowest BCUT2D eigenvalue weighted by Crippen LogP contribution is -2.33. The van der Waals surface area contributed by atoms with Crippen LogP contribution >= 0.6 is 11.6 Å². The van der Waals surface area contributed by atoms with E-state index < -0.39 is 5.82 Å². The van der Waals surface area contributed by atoms with Gasteiger partial charge >= 0.3 is 0 Å². The second-order valence-corrected chi connectivity index (χ2v) is 3.43. The van der Waals surface area contributed by atoms with E-state index in [0.29, 0.717) is 19.0 Å². The van der Waals surface area contributed by atoms with E-state index in [9.17, 15) is 9.18 Å². The summed E-state index contributed by atoms with van der Waals surface area (Å²) in [5, 5.41) is 0. The molecule has 0 radical (unpaired) electrons. The Kier molecular flexibility index (Phi) is 4.56. The van der Waals surface area contributed by atoms with E-state index in [1.54, 1.807) is 12.1 Å². The number of hydrogen-bond acceptors (Lipinski definition) is 1. The quantitative estimate of drug-likeness (QED) is 0.727. The Hall–Kier alpha value is -1.09. The SMILES string of the molecule is CCN(CCCl)C(=O)c1ccccc1F. The highest BCUT2D eigenvalue weighted by atomic mass is 35.5. The topological polar surface area (TPSA) is 20.3 Å². The molecule has 0 N–H and O–H groups in total. The number of halogens is 2. The standard InChI is InChI=1S/C11H13ClFNO/c1-2-14(8-7-12)11(15)9-5-3-4-6-10(9)13/h3-6H,2,7-8H2,1H3. The monoisotopic (exact) mass is 229 g/mol. The van der Waals surface area contributed by atoms with Crippen LogP contribution < -0.4 is 0 Å². The van der Waals surface area contributed by atoms with Gasteiger partial charge in [-0.15, -0.1) is 11.6 Å². The largest absolute Gasteiger partial charge is 0.338 e. The number of amides is 1. The molecule has 15 heavy (non-hydrogen) atoms. The Morgan fingerprint density at radius 1 is 1.47 bits per heavy atom. The van der Waals surface area contributed by atoms with Crippen LogP contribution in [0.5, 0.6) is 0 Å². The van der Waals surface area contributed by atoms with Crippen LogP contribution in [0.4, 0.5) is 4.39 Å². The summed E-state index contributed by atoms with van der Waals surface area (Å²) in [7, 11) is 0. The van der Waals surface area contributed by atoms with Crippen molar-refractivity contribution in [3.05, 3.63) is 35.6 Å². The van der Waals surface area contributed by atoms with Crippen molar-refractivity contribution in [1.82, 2.24) is 4.90 Å². The molecule has 1 amide bonds. The van der Waals surface area contributed by atoms with Crippen molar-refractivity contribution in [3.63, 3.8) is 0 Å². The molecule has 0 atom stereocenters. The Morgan fingerprint density at radius 2 is 2.13 bits per heavy atom. The molecule has 1 aromatic rings. The van der Waals surface area contributed by atoms with Crippen molar-refractivity contribution in [2.24, 2.45) is 0 Å². The average Bonchev–Trinajstić information content (AvgIpc) is 2.25. The predicted octanol–water partition coefficient (Wildman–Crippen LogP) is 2.53. The molecule has 0 bridgehead atoms. The summed E-state index contributed by atoms with van der Waals surface area (Å²) in [6.45, 7) is 2.80. The number of hydrogen-bond donors (Lipinski definition) is 0. The van der Waals surface area contributed by atoms with Crippen LogP contribution in [-0.2, 0) is 0 Å². The summed E-state index contributed by atoms with van der Waals surface area (Å²) in [5.74, 6) is -0.444. The zero-order valence-corrected chi connectivity index (χ0v) is 9.30. The molecule has 1 rings (SSSR count). The summed E-state index contributed by atoms with van der Waals surface area (Å²) in [6.07, 6.45) is 0. The van der Waals surface area contributed by atoms with E-state index in [0.717, 1.165) is 0 Å². The molecule has 0 aromatic heterocycles. The van der Waals surface area contributed by atoms with E-state index in [1.807, 2.05) is 6.92 Å². The van der Waals surface area contributed by atoms with Gasteiger partial charge in [-0.25, -0.2) is 4.39 Å². The van der Waals surface area contributed by atoms with Gasteiger partial charge in [-0.1, -0.05) is 12.1 Å². The fourth-order valence-corrected chi connectivity index (χ4v) is 1.51. The minimum absolute atomic E-state index is 0.101. The average molecular weight is 230 g/mol. The number of benzene rings is 1. The zero-order chi connectivity index (χ0) is 11.3. The number of carbonyl (C=O) groups excluding carboxylic acids is 1. The maximum atomic E-state index is 13.3. The fourth-order valence-electron chi connectivity index (χ4n) is 1.31. The molecule has 1 aromatic carbocycles. The number of rotatable bonds is 4. The van der Waals surface area contributed by atoms with Gasteiger partial charge in [0.1, 0.15) is 5.82 Å². The lowest BCUT2D eigenvalue weighted by molar-refractivity contribution is 0.0769. The molecule has 82 valence electrons. The van der Waals surface area contributed by atoms with Gasteiger partial charge < -0.3 is 4.90 Å². The van der Waals surface area contributed by atoms with Crippen molar-refractivity contribution >= 4 is 17.5 Å². The van der Waals surface area contributed by atoms with Crippen LogP contribution in [0.3, 0.4) is 0 Å². The highest BCUT2D eigenvalue weighted by Gasteiger charge is 2.16. The Balaban J connectivity index is 2.88. The second kappa shape index (κ2) is 5.71. The first kappa shape index (κ1) is 12.0.